The van der Waals surface area contributed by atoms with E-state index in [2.05, 4.69) is 15.6 Å². The van der Waals surface area contributed by atoms with Gasteiger partial charge in [-0.2, -0.15) is 0 Å². The topological polar surface area (TPSA) is 169 Å². The van der Waals surface area contributed by atoms with E-state index in [0.29, 0.717) is 29.2 Å². The van der Waals surface area contributed by atoms with Crippen LogP contribution in [0, 0.1) is 18.8 Å². The molecule has 0 spiro atoms. The van der Waals surface area contributed by atoms with Crippen molar-refractivity contribution in [3.63, 3.8) is 0 Å². The normalized spacial score (nSPS) is 31.5. The Morgan fingerprint density at radius 3 is 2.67 bits per heavy atom. The maximum atomic E-state index is 14.0. The lowest BCUT2D eigenvalue weighted by Gasteiger charge is -2.41. The number of aryl methyl sites for hydroxylation is 2. The molecule has 3 N–H and O–H groups in total. The maximum Gasteiger partial charge on any atom is 0.409 e. The number of nitrogens with zero attached hydrogens (tertiary/aromatic N) is 4. The molecular weight excluding hydrogens is 706 g/mol. The summed E-state index contributed by atoms with van der Waals surface area (Å²) < 4.78 is 19.4. The van der Waals surface area contributed by atoms with Crippen LogP contribution in [0.15, 0.2) is 42.1 Å². The number of benzene rings is 1. The largest absolute Gasteiger partial charge is 0.457 e. The number of aliphatic hydroxyl groups is 1. The number of nitrogens with one attached hydrogen (secondary N) is 1. The minimum absolute atomic E-state index is 0.0897. The molecule has 5 rings (SSSR count). The first kappa shape index (κ1) is 39.6. The van der Waals surface area contributed by atoms with Crippen molar-refractivity contribution in [1.29, 1.82) is 0 Å². The summed E-state index contributed by atoms with van der Waals surface area (Å²) in [6.07, 6.45) is 6.09. The molecular formula is C37H52ClN5O8Si. The Labute approximate surface area is 311 Å². The van der Waals surface area contributed by atoms with Crippen molar-refractivity contribution in [3.05, 3.63) is 64.0 Å². The quantitative estimate of drug-likeness (QED) is 0.198. The molecule has 4 heterocycles. The van der Waals surface area contributed by atoms with Gasteiger partial charge in [0.05, 0.1) is 28.9 Å². The molecule has 13 nitrogen and oxygen atoms in total. The van der Waals surface area contributed by atoms with E-state index in [1.807, 2.05) is 71.1 Å². The molecule has 2 saturated heterocycles. The molecule has 0 unspecified atom stereocenters. The van der Waals surface area contributed by atoms with Gasteiger partial charge in [-0.25, -0.2) is 9.48 Å². The molecule has 1 aromatic heterocycles. The smallest absolute Gasteiger partial charge is 0.409 e. The number of esters is 1. The highest BCUT2D eigenvalue weighted by Gasteiger charge is 2.64. The molecule has 0 saturated carbocycles. The van der Waals surface area contributed by atoms with E-state index >= 15 is 0 Å². The molecule has 52 heavy (non-hydrogen) atoms. The SMILES string of the molecule is C/C1=C\C=C\[C@@H](C)[C@@]2(O)C[C@H](OC(=O)N2)[C@@H](C)[C@@H]2O[C@]2(C)[C@@H](OC(=O)Cn2cc(CCC[Si](C)(C)O)nn2)CC(=O)N(C)c2cc(cc(C)c2Cl)C1. The number of ether oxygens (including phenoxy) is 3. The lowest BCUT2D eigenvalue weighted by molar-refractivity contribution is -0.154. The number of aromatic nitrogens is 3. The van der Waals surface area contributed by atoms with Crippen LogP contribution in [0.3, 0.4) is 0 Å². The van der Waals surface area contributed by atoms with Gasteiger partial charge in [0.25, 0.3) is 0 Å². The Morgan fingerprint density at radius 1 is 1.23 bits per heavy atom. The van der Waals surface area contributed by atoms with Crippen LogP contribution in [0.2, 0.25) is 24.2 Å². The predicted molar refractivity (Wildman–Crippen MR) is 198 cm³/mol. The number of hydrogen-bond acceptors (Lipinski definition) is 10. The van der Waals surface area contributed by atoms with Crippen LogP contribution < -0.4 is 10.2 Å². The average molecular weight is 758 g/mol. The van der Waals surface area contributed by atoms with Gasteiger partial charge in [-0.3, -0.25) is 14.9 Å². The number of epoxide rings is 1. The first-order valence-corrected chi connectivity index (χ1v) is 21.4. The van der Waals surface area contributed by atoms with Crippen LogP contribution >= 0.6 is 11.6 Å². The second-order valence-electron chi connectivity index (χ2n) is 15.6. The third-order valence-corrected chi connectivity index (χ3v) is 12.5. The van der Waals surface area contributed by atoms with Crippen molar-refractivity contribution in [2.75, 3.05) is 11.9 Å². The molecule has 7 atom stereocenters. The Balaban J connectivity index is 1.44. The summed E-state index contributed by atoms with van der Waals surface area (Å²) in [5, 5.41) is 22.9. The highest BCUT2D eigenvalue weighted by atomic mass is 35.5. The molecule has 2 fully saturated rings. The van der Waals surface area contributed by atoms with Crippen molar-refractivity contribution in [2.24, 2.45) is 11.8 Å². The van der Waals surface area contributed by atoms with Crippen LogP contribution in [0.5, 0.6) is 0 Å². The molecule has 2 amide bonds. The molecule has 0 radical (unpaired) electrons. The van der Waals surface area contributed by atoms with Crippen LogP contribution in [0.1, 0.15) is 63.8 Å². The van der Waals surface area contributed by atoms with E-state index in [9.17, 15) is 24.3 Å². The number of fused-ring (bicyclic) bond motifs is 5. The second kappa shape index (κ2) is 15.4. The number of allylic oxidation sites excluding steroid dienone is 3. The van der Waals surface area contributed by atoms with Gasteiger partial charge in [0.2, 0.25) is 5.91 Å². The van der Waals surface area contributed by atoms with E-state index in [0.717, 1.165) is 29.2 Å². The fourth-order valence-electron chi connectivity index (χ4n) is 7.11. The van der Waals surface area contributed by atoms with Gasteiger partial charge in [-0.15, -0.1) is 5.10 Å². The van der Waals surface area contributed by atoms with Crippen LogP contribution in [0.25, 0.3) is 0 Å². The number of anilines is 1. The Kier molecular flexibility index (Phi) is 11.8. The van der Waals surface area contributed by atoms with Gasteiger partial charge in [0.15, 0.2) is 8.32 Å². The second-order valence-corrected chi connectivity index (χ2v) is 20.1. The van der Waals surface area contributed by atoms with Crippen molar-refractivity contribution >= 4 is 43.6 Å². The van der Waals surface area contributed by atoms with Gasteiger partial charge in [0.1, 0.15) is 30.1 Å². The molecule has 3 aliphatic rings. The Hall–Kier alpha value is -3.56. The van der Waals surface area contributed by atoms with E-state index < -0.39 is 61.9 Å². The van der Waals surface area contributed by atoms with Gasteiger partial charge in [-0.05, 0) is 76.4 Å². The molecule has 284 valence electrons. The molecule has 0 aliphatic carbocycles. The lowest BCUT2D eigenvalue weighted by Crippen LogP contribution is -2.60. The predicted octanol–water partition coefficient (Wildman–Crippen LogP) is 5.01. The summed E-state index contributed by atoms with van der Waals surface area (Å²) in [6.45, 7) is 12.9. The number of rotatable bonds is 7. The molecule has 3 aliphatic heterocycles. The highest BCUT2D eigenvalue weighted by Crippen LogP contribution is 2.49. The minimum Gasteiger partial charge on any atom is -0.457 e. The minimum atomic E-state index is -2.18. The van der Waals surface area contributed by atoms with Crippen molar-refractivity contribution in [1.82, 2.24) is 20.3 Å². The fourth-order valence-corrected chi connectivity index (χ4v) is 8.39. The molecule has 1 aromatic carbocycles. The zero-order valence-electron chi connectivity index (χ0n) is 31.3. The summed E-state index contributed by atoms with van der Waals surface area (Å²) in [7, 11) is -0.542. The number of carbonyl (C=O) groups is 3. The number of hydrogen-bond donors (Lipinski definition) is 3. The first-order valence-electron chi connectivity index (χ1n) is 17.9. The average Bonchev–Trinajstić information content (AvgIpc) is 3.55. The molecule has 15 heteroatoms. The summed E-state index contributed by atoms with van der Waals surface area (Å²) >= 11 is 6.77. The summed E-state index contributed by atoms with van der Waals surface area (Å²) in [6, 6.07) is 4.59. The van der Waals surface area contributed by atoms with Gasteiger partial charge in [-0.1, -0.05) is 60.5 Å². The third-order valence-electron chi connectivity index (χ3n) is 10.5. The summed E-state index contributed by atoms with van der Waals surface area (Å²) in [5.41, 5.74) is 1.32. The monoisotopic (exact) mass is 757 g/mol. The Morgan fingerprint density at radius 2 is 1.96 bits per heavy atom. The Bertz CT molecular complexity index is 1740. The summed E-state index contributed by atoms with van der Waals surface area (Å²) in [5.74, 6) is -1.88. The van der Waals surface area contributed by atoms with E-state index in [4.69, 9.17) is 25.8 Å². The third kappa shape index (κ3) is 9.32. The fraction of sp³-hybridized carbons (Fsp3) is 0.595. The number of alkyl carbamates (subject to hydrolysis) is 1. The van der Waals surface area contributed by atoms with Crippen LogP contribution in [-0.4, -0.2) is 87.9 Å². The lowest BCUT2D eigenvalue weighted by atomic mass is 9.82. The van der Waals surface area contributed by atoms with Gasteiger partial charge in [0, 0.05) is 31.5 Å². The van der Waals surface area contributed by atoms with Crippen molar-refractivity contribution < 1.29 is 38.5 Å². The number of halogens is 1. The van der Waals surface area contributed by atoms with E-state index in [1.165, 1.54) is 9.58 Å². The standard InChI is InChI=1S/C37H52ClN5O8Si/c1-22-11-9-12-24(3)37(47)19-29(49-35(46)39-37)25(4)34-36(5,51-34)30(18-31(44)42(6)28-17-26(15-22)16-23(2)33(28)38)50-32(45)21-43-20-27(40-41-43)13-10-14-52(7,8)48/h9,11-12,16-17,20,24-25,29-30,34,47-48H,10,13-15,18-19,21H2,1-8H3,(H,39,46)/b12-9+,22-11+/t24-,25-,29+,30+,34+,36-,37+/m1/s1. The van der Waals surface area contributed by atoms with E-state index in [1.54, 1.807) is 20.2 Å². The zero-order chi connectivity index (χ0) is 38.2. The zero-order valence-corrected chi connectivity index (χ0v) is 33.1. The molecule has 2 aromatic rings. The van der Waals surface area contributed by atoms with Crippen LogP contribution in [-0.2, 0) is 43.2 Å². The highest BCUT2D eigenvalue weighted by molar-refractivity contribution is 6.69. The van der Waals surface area contributed by atoms with E-state index in [-0.39, 0.29) is 25.3 Å². The first-order chi connectivity index (χ1) is 24.3. The van der Waals surface area contributed by atoms with Gasteiger partial charge < -0.3 is 29.0 Å². The van der Waals surface area contributed by atoms with Crippen LogP contribution in [0.4, 0.5) is 10.5 Å². The maximum absolute atomic E-state index is 14.0. The number of amides is 2. The van der Waals surface area contributed by atoms with Crippen molar-refractivity contribution in [2.45, 2.75) is 122 Å². The summed E-state index contributed by atoms with van der Waals surface area (Å²) in [4.78, 5) is 51.9. The van der Waals surface area contributed by atoms with Crippen molar-refractivity contribution in [3.8, 4) is 0 Å². The van der Waals surface area contributed by atoms with Gasteiger partial charge >= 0.3 is 12.1 Å². The molecule has 4 bridgehead atoms. The number of carbonyl (C=O) groups excluding carboxylic acids is 3.